The summed E-state index contributed by atoms with van der Waals surface area (Å²) < 4.78 is 0. The summed E-state index contributed by atoms with van der Waals surface area (Å²) in [5, 5.41) is 3.22. The van der Waals surface area contributed by atoms with Crippen LogP contribution in [0, 0.1) is 6.92 Å². The zero-order valence-corrected chi connectivity index (χ0v) is 6.12. The van der Waals surface area contributed by atoms with Gasteiger partial charge in [-0.1, -0.05) is 13.8 Å². The van der Waals surface area contributed by atoms with E-state index in [1.807, 2.05) is 7.05 Å². The number of rotatable bonds is 3. The first-order valence-corrected chi connectivity index (χ1v) is 3.16. The van der Waals surface area contributed by atoms with E-state index in [2.05, 4.69) is 26.1 Å². The van der Waals surface area contributed by atoms with Gasteiger partial charge in [0.25, 0.3) is 0 Å². The molecule has 0 bridgehead atoms. The molecule has 1 atom stereocenters. The van der Waals surface area contributed by atoms with E-state index in [1.54, 1.807) is 0 Å². The van der Waals surface area contributed by atoms with Gasteiger partial charge >= 0.3 is 0 Å². The molecule has 0 aromatic carbocycles. The maximum Gasteiger partial charge on any atom is 0.0147 e. The Morgan fingerprint density at radius 1 is 1.62 bits per heavy atom. The van der Waals surface area contributed by atoms with Crippen molar-refractivity contribution in [3.05, 3.63) is 6.92 Å². The lowest BCUT2D eigenvalue weighted by molar-refractivity contribution is 0.374. The Bertz CT molecular complexity index is 47.1. The standard InChI is InChI=1S/C7H16N/c1-5-7(3,6-2)8-4/h8H,1,5-6H2,2-4H3. The maximum atomic E-state index is 3.84. The predicted octanol–water partition coefficient (Wildman–Crippen LogP) is 1.60. The summed E-state index contributed by atoms with van der Waals surface area (Å²) in [6.45, 7) is 8.19. The van der Waals surface area contributed by atoms with Crippen molar-refractivity contribution in [1.82, 2.24) is 5.32 Å². The Labute approximate surface area is 52.5 Å². The molecule has 0 aliphatic heterocycles. The van der Waals surface area contributed by atoms with Gasteiger partial charge in [-0.15, -0.1) is 0 Å². The van der Waals surface area contributed by atoms with E-state index < -0.39 is 0 Å². The van der Waals surface area contributed by atoms with Crippen LogP contribution in [0.5, 0.6) is 0 Å². The Morgan fingerprint density at radius 2 is 2.12 bits per heavy atom. The van der Waals surface area contributed by atoms with E-state index in [1.165, 1.54) is 0 Å². The van der Waals surface area contributed by atoms with Crippen LogP contribution < -0.4 is 5.32 Å². The summed E-state index contributed by atoms with van der Waals surface area (Å²) in [6, 6.07) is 0. The average molecular weight is 114 g/mol. The molecular weight excluding hydrogens is 98.1 g/mol. The second-order valence-corrected chi connectivity index (χ2v) is 2.41. The third kappa shape index (κ3) is 1.83. The van der Waals surface area contributed by atoms with Gasteiger partial charge in [0.15, 0.2) is 0 Å². The van der Waals surface area contributed by atoms with Gasteiger partial charge in [0.1, 0.15) is 0 Å². The van der Waals surface area contributed by atoms with Crippen molar-refractivity contribution in [1.29, 1.82) is 0 Å². The molecule has 0 rings (SSSR count). The topological polar surface area (TPSA) is 12.0 Å². The van der Waals surface area contributed by atoms with E-state index in [0.717, 1.165) is 12.8 Å². The summed E-state index contributed by atoms with van der Waals surface area (Å²) >= 11 is 0. The summed E-state index contributed by atoms with van der Waals surface area (Å²) in [6.07, 6.45) is 2.10. The fourth-order valence-corrected chi connectivity index (χ4v) is 0.479. The highest BCUT2D eigenvalue weighted by Crippen LogP contribution is 2.10. The van der Waals surface area contributed by atoms with Gasteiger partial charge in [-0.3, -0.25) is 0 Å². The summed E-state index contributed by atoms with van der Waals surface area (Å²) in [4.78, 5) is 0. The number of hydrogen-bond donors (Lipinski definition) is 1. The molecule has 1 unspecified atom stereocenters. The second kappa shape index (κ2) is 3.08. The molecule has 0 aromatic heterocycles. The Morgan fingerprint density at radius 3 is 2.12 bits per heavy atom. The third-order valence-electron chi connectivity index (χ3n) is 1.94. The quantitative estimate of drug-likeness (QED) is 0.587. The van der Waals surface area contributed by atoms with Crippen molar-refractivity contribution >= 4 is 0 Å². The third-order valence-corrected chi connectivity index (χ3v) is 1.94. The van der Waals surface area contributed by atoms with Crippen molar-refractivity contribution in [3.8, 4) is 0 Å². The normalized spacial score (nSPS) is 12.0. The first kappa shape index (κ1) is 7.96. The Hall–Kier alpha value is -0.0400. The number of nitrogens with one attached hydrogen (secondary N) is 1. The molecule has 8 heavy (non-hydrogen) atoms. The molecule has 1 N–H and O–H groups in total. The number of hydrogen-bond acceptors (Lipinski definition) is 1. The molecule has 1 heteroatoms. The first-order chi connectivity index (χ1) is 3.68. The van der Waals surface area contributed by atoms with Crippen LogP contribution in [-0.2, 0) is 0 Å². The van der Waals surface area contributed by atoms with Gasteiger partial charge in [-0.05, 0) is 26.8 Å². The highest BCUT2D eigenvalue weighted by atomic mass is 14.9. The molecule has 0 amide bonds. The van der Waals surface area contributed by atoms with Crippen LogP contribution in [0.2, 0.25) is 0 Å². The van der Waals surface area contributed by atoms with Crippen molar-refractivity contribution in [3.63, 3.8) is 0 Å². The molecule has 0 aromatic rings. The molecule has 0 saturated heterocycles. The van der Waals surface area contributed by atoms with Gasteiger partial charge < -0.3 is 5.32 Å². The second-order valence-electron chi connectivity index (χ2n) is 2.41. The molecule has 1 radical (unpaired) electrons. The largest absolute Gasteiger partial charge is 0.315 e. The van der Waals surface area contributed by atoms with Gasteiger partial charge in [0, 0.05) is 5.54 Å². The van der Waals surface area contributed by atoms with E-state index >= 15 is 0 Å². The fraction of sp³-hybridized carbons (Fsp3) is 0.857. The monoisotopic (exact) mass is 114 g/mol. The smallest absolute Gasteiger partial charge is 0.0147 e. The minimum absolute atomic E-state index is 0.264. The fourth-order valence-electron chi connectivity index (χ4n) is 0.479. The Balaban J connectivity index is 3.58. The maximum absolute atomic E-state index is 3.84. The molecule has 1 nitrogen and oxygen atoms in total. The van der Waals surface area contributed by atoms with Crippen LogP contribution in [-0.4, -0.2) is 12.6 Å². The summed E-state index contributed by atoms with van der Waals surface area (Å²) in [5.74, 6) is 0. The van der Waals surface area contributed by atoms with Crippen LogP contribution >= 0.6 is 0 Å². The molecule has 0 aliphatic carbocycles. The van der Waals surface area contributed by atoms with Gasteiger partial charge in [0.05, 0.1) is 0 Å². The van der Waals surface area contributed by atoms with Crippen molar-refractivity contribution < 1.29 is 0 Å². The van der Waals surface area contributed by atoms with E-state index in [9.17, 15) is 0 Å². The van der Waals surface area contributed by atoms with Gasteiger partial charge in [-0.2, -0.15) is 0 Å². The summed E-state index contributed by atoms with van der Waals surface area (Å²) in [7, 11) is 1.98. The highest BCUT2D eigenvalue weighted by molar-refractivity contribution is 4.79. The molecule has 0 spiro atoms. The Kier molecular flexibility index (Phi) is 3.06. The summed E-state index contributed by atoms with van der Waals surface area (Å²) in [5.41, 5.74) is 0.264. The lowest BCUT2D eigenvalue weighted by Crippen LogP contribution is -2.37. The van der Waals surface area contributed by atoms with Crippen LogP contribution in [0.1, 0.15) is 26.7 Å². The molecular formula is C7H16N. The van der Waals surface area contributed by atoms with Crippen LogP contribution in [0.3, 0.4) is 0 Å². The predicted molar refractivity (Wildman–Crippen MR) is 37.7 cm³/mol. The van der Waals surface area contributed by atoms with Crippen LogP contribution in [0.15, 0.2) is 0 Å². The van der Waals surface area contributed by atoms with Gasteiger partial charge in [-0.25, -0.2) is 0 Å². The molecule has 0 fully saturated rings. The molecule has 0 heterocycles. The van der Waals surface area contributed by atoms with Crippen LogP contribution in [0.25, 0.3) is 0 Å². The average Bonchev–Trinajstić information content (AvgIpc) is 1.87. The minimum atomic E-state index is 0.264. The lowest BCUT2D eigenvalue weighted by atomic mass is 9.96. The highest BCUT2D eigenvalue weighted by Gasteiger charge is 2.14. The zero-order chi connectivity index (χ0) is 6.62. The zero-order valence-electron chi connectivity index (χ0n) is 6.12. The van der Waals surface area contributed by atoms with Crippen molar-refractivity contribution in [2.45, 2.75) is 32.2 Å². The van der Waals surface area contributed by atoms with E-state index in [-0.39, 0.29) is 5.54 Å². The first-order valence-electron chi connectivity index (χ1n) is 3.16. The molecule has 0 saturated carbocycles. The lowest BCUT2D eigenvalue weighted by Gasteiger charge is -2.25. The molecule has 49 valence electrons. The van der Waals surface area contributed by atoms with E-state index in [0.29, 0.717) is 0 Å². The SMILES string of the molecule is [CH2]CC(C)(CC)NC. The van der Waals surface area contributed by atoms with E-state index in [4.69, 9.17) is 0 Å². The van der Waals surface area contributed by atoms with Crippen molar-refractivity contribution in [2.75, 3.05) is 7.05 Å². The van der Waals surface area contributed by atoms with Gasteiger partial charge in [0.2, 0.25) is 0 Å². The van der Waals surface area contributed by atoms with Crippen LogP contribution in [0.4, 0.5) is 0 Å². The minimum Gasteiger partial charge on any atom is -0.315 e. The molecule has 0 aliphatic rings. The van der Waals surface area contributed by atoms with Crippen molar-refractivity contribution in [2.24, 2.45) is 0 Å².